The second-order valence-corrected chi connectivity index (χ2v) is 43.9. The maximum Gasteiger partial charge on any atom is 0.236 e. The minimum Gasteiger partial charge on any atom is -0.349 e. The first-order valence-corrected chi connectivity index (χ1v) is 50.3. The highest BCUT2D eigenvalue weighted by Gasteiger charge is 2.61. The van der Waals surface area contributed by atoms with Crippen molar-refractivity contribution >= 4 is 208 Å². The number of rotatable bonds is 22. The van der Waals surface area contributed by atoms with Gasteiger partial charge >= 0.3 is 0 Å². The summed E-state index contributed by atoms with van der Waals surface area (Å²) in [5.41, 5.74) is 32.0. The van der Waals surface area contributed by atoms with Gasteiger partial charge in [-0.15, -0.1) is 34.8 Å². The fraction of sp³-hybridized carbons (Fsp3) is 0.366. The molecular formula is C101H103Cl16N13O4. The highest BCUT2D eigenvalue weighted by molar-refractivity contribution is 6.67. The Morgan fingerprint density at radius 2 is 0.649 bits per heavy atom. The summed E-state index contributed by atoms with van der Waals surface area (Å²) in [6.45, 7) is 19.1. The van der Waals surface area contributed by atoms with E-state index in [0.29, 0.717) is 131 Å². The number of carbonyl (C=O) groups excluding carboxylic acids is 4. The van der Waals surface area contributed by atoms with Gasteiger partial charge in [0.15, 0.2) is 0 Å². The van der Waals surface area contributed by atoms with E-state index >= 15 is 0 Å². The van der Waals surface area contributed by atoms with Crippen molar-refractivity contribution in [1.82, 2.24) is 55.1 Å². The van der Waals surface area contributed by atoms with Crippen LogP contribution >= 0.6 is 186 Å². The summed E-state index contributed by atoms with van der Waals surface area (Å²) in [7, 11) is 0. The zero-order chi connectivity index (χ0) is 96.8. The third-order valence-corrected chi connectivity index (χ3v) is 30.1. The Bertz CT molecular complexity index is 6070. The number of nitrogens with two attached hydrogens (primary N) is 2. The summed E-state index contributed by atoms with van der Waals surface area (Å²) < 4.78 is 7.17. The average molecular weight is 2130 g/mol. The summed E-state index contributed by atoms with van der Waals surface area (Å²) in [5, 5.41) is 34.5. The van der Waals surface area contributed by atoms with E-state index < -0.39 is 5.24 Å². The molecule has 4 atom stereocenters. The van der Waals surface area contributed by atoms with Gasteiger partial charge < -0.3 is 27.4 Å². The van der Waals surface area contributed by atoms with E-state index in [1.807, 2.05) is 141 Å². The Labute approximate surface area is 862 Å². The highest BCUT2D eigenvalue weighted by atomic mass is 35.5. The van der Waals surface area contributed by atoms with Gasteiger partial charge in [-0.2, -0.15) is 20.4 Å². The number of hydrogen-bond acceptors (Lipinski definition) is 11. The van der Waals surface area contributed by atoms with E-state index in [1.54, 1.807) is 68.6 Å². The Hall–Kier alpha value is -6.60. The molecule has 2 amide bonds. The molecule has 4 heterocycles. The van der Waals surface area contributed by atoms with Gasteiger partial charge in [0.1, 0.15) is 17.5 Å². The van der Waals surface area contributed by atoms with Gasteiger partial charge in [-0.3, -0.25) is 19.2 Å². The monoisotopic (exact) mass is 2120 g/mol. The number of Topliss-reactive ketones (excluding diaryl/α,β-unsaturated/α-hetero) is 1. The van der Waals surface area contributed by atoms with Crippen LogP contribution in [0.5, 0.6) is 0 Å². The number of halogens is 16. The number of hydrogen-bond donors (Lipinski definition) is 5. The first kappa shape index (κ1) is 105. The highest BCUT2D eigenvalue weighted by Crippen LogP contribution is 2.67. The zero-order valence-corrected chi connectivity index (χ0v) is 87.2. The topological polar surface area (TPSA) is 228 Å². The van der Waals surface area contributed by atoms with Crippen LogP contribution < -0.4 is 27.4 Å². The molecule has 0 aliphatic heterocycles. The van der Waals surface area contributed by atoms with Gasteiger partial charge in [0, 0.05) is 97.6 Å². The molecule has 4 aromatic heterocycles. The van der Waals surface area contributed by atoms with E-state index in [9.17, 15) is 19.2 Å². The molecule has 8 aromatic carbocycles. The van der Waals surface area contributed by atoms with Crippen molar-refractivity contribution in [2.45, 2.75) is 176 Å². The van der Waals surface area contributed by atoms with E-state index in [2.05, 4.69) is 65.9 Å². The Morgan fingerprint density at radius 1 is 0.373 bits per heavy atom. The van der Waals surface area contributed by atoms with E-state index in [-0.39, 0.29) is 59.4 Å². The van der Waals surface area contributed by atoms with Crippen LogP contribution in [0.25, 0.3) is 67.8 Å². The molecule has 8 bridgehead atoms. The van der Waals surface area contributed by atoms with Gasteiger partial charge in [-0.05, 0) is 289 Å². The van der Waals surface area contributed by atoms with Crippen molar-refractivity contribution < 1.29 is 19.2 Å². The van der Waals surface area contributed by atoms with Crippen molar-refractivity contribution in [3.63, 3.8) is 0 Å². The number of nitrogens with zero attached hydrogens (tertiary/aromatic N) is 8. The first-order chi connectivity index (χ1) is 63.4. The van der Waals surface area contributed by atoms with Crippen molar-refractivity contribution in [3.05, 3.63) is 275 Å². The summed E-state index contributed by atoms with van der Waals surface area (Å²) in [6, 6.07) is 51.4. The quantitative estimate of drug-likeness (QED) is 0.0317. The molecular weight excluding hydrogens is 2030 g/mol. The number of ketones is 1. The van der Waals surface area contributed by atoms with Crippen LogP contribution in [0.15, 0.2) is 170 Å². The Kier molecular flexibility index (Phi) is 34.8. The number of carbonyl (C=O) groups is 4. The van der Waals surface area contributed by atoms with Crippen LogP contribution in [-0.4, -0.2) is 97.2 Å². The molecule has 134 heavy (non-hydrogen) atoms. The number of alkyl halides is 3. The smallest absolute Gasteiger partial charge is 0.236 e. The van der Waals surface area contributed by atoms with Gasteiger partial charge in [0.05, 0.1) is 114 Å². The predicted molar refractivity (Wildman–Crippen MR) is 555 cm³/mol. The summed E-state index contributed by atoms with van der Waals surface area (Å²) in [4.78, 5) is 45.7. The van der Waals surface area contributed by atoms with E-state index in [1.165, 1.54) is 77.0 Å². The van der Waals surface area contributed by atoms with Crippen LogP contribution in [0.3, 0.4) is 0 Å². The number of nitrogens with one attached hydrogen (secondary N) is 3. The first-order valence-electron chi connectivity index (χ1n) is 43.8. The molecule has 8 fully saturated rings. The average Bonchev–Trinajstić information content (AvgIpc) is 0.957. The molecule has 20 rings (SSSR count). The molecule has 0 spiro atoms. The lowest BCUT2D eigenvalue weighted by molar-refractivity contribution is -0.127. The lowest BCUT2D eigenvalue weighted by atomic mass is 9.43. The van der Waals surface area contributed by atoms with Crippen LogP contribution in [0.2, 0.25) is 60.3 Å². The third-order valence-electron chi connectivity index (χ3n) is 25.9. The van der Waals surface area contributed by atoms with Gasteiger partial charge in [0.25, 0.3) is 0 Å². The molecule has 0 radical (unpaired) electrons. The second kappa shape index (κ2) is 44.5. The summed E-state index contributed by atoms with van der Waals surface area (Å²) in [6.07, 6.45) is 17.0. The number of amides is 2. The molecule has 7 N–H and O–H groups in total. The van der Waals surface area contributed by atoms with Crippen LogP contribution in [0, 0.1) is 61.2 Å². The fourth-order valence-electron chi connectivity index (χ4n) is 22.3. The minimum atomic E-state index is -0.508. The maximum atomic E-state index is 13.2. The number of benzene rings is 8. The van der Waals surface area contributed by atoms with Gasteiger partial charge in [0.2, 0.25) is 17.1 Å². The molecule has 8 aliphatic rings. The molecule has 0 saturated heterocycles. The Balaban J connectivity index is 0.000000144. The summed E-state index contributed by atoms with van der Waals surface area (Å²) in [5.74, 6) is 1.17. The van der Waals surface area contributed by atoms with Crippen molar-refractivity contribution in [2.75, 3.05) is 24.2 Å². The van der Waals surface area contributed by atoms with Crippen molar-refractivity contribution in [1.29, 1.82) is 0 Å². The normalized spacial score (nSPS) is 21.3. The molecule has 4 unspecified atom stereocenters. The predicted octanol–water partition coefficient (Wildman–Crippen LogP) is 28.9. The molecule has 33 heteroatoms. The maximum absolute atomic E-state index is 13.2. The SMILES string of the molecule is CC12CC3CC(C)(C1)CC(N)(C3)C2.Cc1c(CCC(=O)CNC23CC4CC(C)(CC(C)(C4)C2)C3)nn(-c2ccc(Cl)cc2Cl)c1-c1ccc(Cl)cc1.Cc1c(CN)nn(-c2ccc(Cl)cc2Cl)c1-c1ccc(Cl)cc1.Cc1c(CNC(=O)CCl)nn(-c2ccc(Cl)cc2Cl)c1-c1ccc(Cl)cc1.Cc1c(CNC(=O)CCl)nn(-c2ccc(Cl)cc2Cl)c1-c1ccc(Cl)cc1.O=C(Cl)CCl. The van der Waals surface area contributed by atoms with Crippen LogP contribution in [0.1, 0.15) is 156 Å². The minimum absolute atomic E-state index is 0.0957. The molecule has 17 nitrogen and oxygen atoms in total. The molecule has 12 aromatic rings. The Morgan fingerprint density at radius 3 is 0.925 bits per heavy atom. The second-order valence-electron chi connectivity index (χ2n) is 37.5. The van der Waals surface area contributed by atoms with Gasteiger partial charge in [-0.1, -0.05) is 215 Å². The molecule has 8 aliphatic carbocycles. The number of aryl methyl sites for hydroxylation is 1. The van der Waals surface area contributed by atoms with Crippen molar-refractivity contribution in [2.24, 2.45) is 45.0 Å². The summed E-state index contributed by atoms with van der Waals surface area (Å²) >= 11 is 94.9. The zero-order valence-electron chi connectivity index (χ0n) is 75.1. The van der Waals surface area contributed by atoms with E-state index in [0.717, 1.165) is 102 Å². The van der Waals surface area contributed by atoms with Crippen molar-refractivity contribution in [3.8, 4) is 67.8 Å². The lowest BCUT2D eigenvalue weighted by Gasteiger charge is -2.65. The lowest BCUT2D eigenvalue weighted by Crippen LogP contribution is -2.64. The standard InChI is InChI=1S/C32H36Cl3N3O.2C19H15Cl4N3O.C17H14Cl3N3.C12H21N.C2H2Cl2O/c1-20-27(10-9-25(39)16-36-32-15-21-13-30(2,18-32)17-31(3,14-21)19-32)37-38(28-11-8-24(34)12-26(28)35)29(20)22-4-6-23(33)7-5-22;2*1-11-16(10-24-18(27)9-20)25-26(17-7-6-14(22)8-15(17)23)19(11)12-2-4-13(21)5-3-12;1-10-15(9-21)22-23(16-7-6-13(19)8-14(16)20)17(10)11-2-4-12(18)5-3-11;1-10-3-9-4-11(2,6-10)8-12(13,5-9)7-10;3-1-2(4)5/h4-8,11-12,21,36H,9-10,13-19H2,1-3H3;2*2-8H,9-10H2,1H3,(H,24,27);2-8H,9,21H2,1H3;9H,3-8,13H2,1-2H3;1H2. The van der Waals surface area contributed by atoms with E-state index in [4.69, 9.17) is 202 Å². The third kappa shape index (κ3) is 25.4. The molecule has 8 saturated carbocycles. The van der Waals surface area contributed by atoms with Gasteiger partial charge in [-0.25, -0.2) is 18.7 Å². The number of aromatic nitrogens is 8. The molecule has 708 valence electrons. The fourth-order valence-corrected chi connectivity index (χ4v) is 24.9. The largest absolute Gasteiger partial charge is 0.349 e. The van der Waals surface area contributed by atoms with Crippen LogP contribution in [0.4, 0.5) is 0 Å². The van der Waals surface area contributed by atoms with Crippen LogP contribution in [-0.2, 0) is 45.2 Å².